The number of para-hydroxylation sites is 1. The summed E-state index contributed by atoms with van der Waals surface area (Å²) >= 11 is 0. The van der Waals surface area contributed by atoms with Gasteiger partial charge in [-0.25, -0.2) is 4.79 Å². The third-order valence-corrected chi connectivity index (χ3v) is 2.55. The number of rotatable bonds is 1. The van der Waals surface area contributed by atoms with Gasteiger partial charge in [0.15, 0.2) is 0 Å². The van der Waals surface area contributed by atoms with Crippen LogP contribution in [0, 0.1) is 0 Å². The van der Waals surface area contributed by atoms with E-state index >= 15 is 0 Å². The summed E-state index contributed by atoms with van der Waals surface area (Å²) in [5.74, 6) is 0. The second-order valence-corrected chi connectivity index (χ2v) is 3.72. The Morgan fingerprint density at radius 3 is 2.43 bits per heavy atom. The van der Waals surface area contributed by atoms with E-state index < -0.39 is 0 Å². The van der Waals surface area contributed by atoms with Crippen molar-refractivity contribution in [1.29, 1.82) is 0 Å². The second kappa shape index (κ2) is 3.33. The number of anilines is 1. The summed E-state index contributed by atoms with van der Waals surface area (Å²) in [6.07, 6.45) is 0. The quantitative estimate of drug-likeness (QED) is 0.664. The van der Waals surface area contributed by atoms with Crippen LogP contribution in [0.1, 0.15) is 6.92 Å². The molecule has 1 aromatic rings. The minimum absolute atomic E-state index is 0.0868. The van der Waals surface area contributed by atoms with Crippen LogP contribution in [0.25, 0.3) is 0 Å². The number of nitrogens with zero attached hydrogens (tertiary/aromatic N) is 2. The highest BCUT2D eigenvalue weighted by Gasteiger charge is 2.32. The smallest absolute Gasteiger partial charge is 0.324 e. The van der Waals surface area contributed by atoms with Crippen LogP contribution in [0.3, 0.4) is 0 Å². The van der Waals surface area contributed by atoms with Crippen molar-refractivity contribution in [2.75, 3.05) is 18.5 Å². The van der Waals surface area contributed by atoms with Gasteiger partial charge in [0.1, 0.15) is 0 Å². The molecule has 3 nitrogen and oxygen atoms in total. The molecule has 0 bridgehead atoms. The number of carbonyl (C=O) groups excluding carboxylic acids is 1. The molecule has 0 radical (unpaired) electrons. The summed E-state index contributed by atoms with van der Waals surface area (Å²) in [6.45, 7) is 2.86. The summed E-state index contributed by atoms with van der Waals surface area (Å²) in [6, 6.07) is 10.1. The Balaban J connectivity index is 2.31. The molecule has 1 aliphatic heterocycles. The number of carbonyl (C=O) groups is 1. The molecule has 0 aromatic heterocycles. The molecule has 1 heterocycles. The molecule has 3 heteroatoms. The molecule has 0 N–H and O–H groups in total. The average Bonchev–Trinajstić information content (AvgIpc) is 2.43. The van der Waals surface area contributed by atoms with Gasteiger partial charge >= 0.3 is 6.03 Å². The number of amides is 2. The average molecular weight is 190 g/mol. The number of benzene rings is 1. The standard InChI is InChI=1S/C11H14N2O/c1-9-8-12(2)11(14)13(9)10-6-4-3-5-7-10/h3-7,9H,8H2,1-2H3. The van der Waals surface area contributed by atoms with Crippen LogP contribution in [-0.2, 0) is 0 Å². The van der Waals surface area contributed by atoms with E-state index in [2.05, 4.69) is 6.92 Å². The first-order chi connectivity index (χ1) is 6.70. The topological polar surface area (TPSA) is 23.6 Å². The minimum Gasteiger partial charge on any atom is -0.325 e. The van der Waals surface area contributed by atoms with E-state index in [0.29, 0.717) is 0 Å². The van der Waals surface area contributed by atoms with E-state index in [1.54, 1.807) is 4.90 Å². The van der Waals surface area contributed by atoms with Gasteiger partial charge in [0.05, 0.1) is 6.04 Å². The third kappa shape index (κ3) is 1.35. The summed E-state index contributed by atoms with van der Waals surface area (Å²) in [5, 5.41) is 0. The van der Waals surface area contributed by atoms with Crippen LogP contribution in [-0.4, -0.2) is 30.6 Å². The maximum absolute atomic E-state index is 11.8. The molecule has 74 valence electrons. The monoisotopic (exact) mass is 190 g/mol. The highest BCUT2D eigenvalue weighted by molar-refractivity contribution is 5.94. The SMILES string of the molecule is CC1CN(C)C(=O)N1c1ccccc1. The fourth-order valence-electron chi connectivity index (χ4n) is 1.88. The molecule has 2 amide bonds. The molecule has 1 atom stereocenters. The lowest BCUT2D eigenvalue weighted by molar-refractivity contribution is 0.229. The first kappa shape index (κ1) is 9.06. The van der Waals surface area contributed by atoms with Gasteiger partial charge in [-0.2, -0.15) is 0 Å². The minimum atomic E-state index is 0.0868. The van der Waals surface area contributed by atoms with Crippen LogP contribution in [0.2, 0.25) is 0 Å². The molecular weight excluding hydrogens is 176 g/mol. The van der Waals surface area contributed by atoms with Gasteiger partial charge in [0.2, 0.25) is 0 Å². The zero-order chi connectivity index (χ0) is 10.1. The maximum Gasteiger partial charge on any atom is 0.324 e. The highest BCUT2D eigenvalue weighted by atomic mass is 16.2. The number of urea groups is 1. The van der Waals surface area contributed by atoms with Gasteiger partial charge in [0.25, 0.3) is 0 Å². The lowest BCUT2D eigenvalue weighted by Gasteiger charge is -2.19. The van der Waals surface area contributed by atoms with Crippen molar-refractivity contribution in [3.8, 4) is 0 Å². The van der Waals surface area contributed by atoms with Gasteiger partial charge < -0.3 is 4.90 Å². The largest absolute Gasteiger partial charge is 0.325 e. The zero-order valence-corrected chi connectivity index (χ0v) is 8.47. The highest BCUT2D eigenvalue weighted by Crippen LogP contribution is 2.22. The lowest BCUT2D eigenvalue weighted by atomic mass is 10.2. The molecule has 1 aliphatic rings. The molecule has 1 aromatic carbocycles. The Labute approximate surface area is 83.9 Å². The fourth-order valence-corrected chi connectivity index (χ4v) is 1.88. The van der Waals surface area contributed by atoms with E-state index in [1.807, 2.05) is 42.3 Å². The molecular formula is C11H14N2O. The van der Waals surface area contributed by atoms with Crippen molar-refractivity contribution in [2.45, 2.75) is 13.0 Å². The Bertz CT molecular complexity index is 336. The first-order valence-corrected chi connectivity index (χ1v) is 4.79. The Kier molecular flexibility index (Phi) is 2.15. The number of hydrogen-bond donors (Lipinski definition) is 0. The second-order valence-electron chi connectivity index (χ2n) is 3.72. The van der Waals surface area contributed by atoms with E-state index in [0.717, 1.165) is 12.2 Å². The Hall–Kier alpha value is -1.51. The summed E-state index contributed by atoms with van der Waals surface area (Å²) in [4.78, 5) is 15.3. The summed E-state index contributed by atoms with van der Waals surface area (Å²) in [5.41, 5.74) is 0.981. The summed E-state index contributed by atoms with van der Waals surface area (Å²) in [7, 11) is 1.84. The maximum atomic E-state index is 11.8. The van der Waals surface area contributed by atoms with Crippen molar-refractivity contribution in [2.24, 2.45) is 0 Å². The van der Waals surface area contributed by atoms with E-state index in [9.17, 15) is 4.79 Å². The van der Waals surface area contributed by atoms with Crippen molar-refractivity contribution < 1.29 is 4.79 Å². The third-order valence-electron chi connectivity index (χ3n) is 2.55. The van der Waals surface area contributed by atoms with Crippen molar-refractivity contribution in [3.05, 3.63) is 30.3 Å². The molecule has 1 fully saturated rings. The van der Waals surface area contributed by atoms with Crippen LogP contribution in [0.4, 0.5) is 10.5 Å². The van der Waals surface area contributed by atoms with Crippen LogP contribution >= 0.6 is 0 Å². The van der Waals surface area contributed by atoms with Gasteiger partial charge in [-0.05, 0) is 19.1 Å². The molecule has 1 unspecified atom stereocenters. The molecule has 14 heavy (non-hydrogen) atoms. The first-order valence-electron chi connectivity index (χ1n) is 4.79. The van der Waals surface area contributed by atoms with Crippen LogP contribution in [0.5, 0.6) is 0 Å². The van der Waals surface area contributed by atoms with Crippen LogP contribution < -0.4 is 4.90 Å². The van der Waals surface area contributed by atoms with E-state index in [-0.39, 0.29) is 12.1 Å². The molecule has 0 aliphatic carbocycles. The Morgan fingerprint density at radius 2 is 1.93 bits per heavy atom. The van der Waals surface area contributed by atoms with E-state index in [4.69, 9.17) is 0 Å². The molecule has 0 spiro atoms. The number of likely N-dealkylation sites (N-methyl/N-ethyl adjacent to an activating group) is 1. The van der Waals surface area contributed by atoms with Gasteiger partial charge in [-0.1, -0.05) is 18.2 Å². The van der Waals surface area contributed by atoms with Gasteiger partial charge in [-0.3, -0.25) is 4.90 Å². The van der Waals surface area contributed by atoms with Crippen LogP contribution in [0.15, 0.2) is 30.3 Å². The van der Waals surface area contributed by atoms with Gasteiger partial charge in [0, 0.05) is 19.3 Å². The van der Waals surface area contributed by atoms with E-state index in [1.165, 1.54) is 0 Å². The molecule has 0 saturated carbocycles. The normalized spacial score (nSPS) is 21.9. The zero-order valence-electron chi connectivity index (χ0n) is 8.47. The summed E-state index contributed by atoms with van der Waals surface area (Å²) < 4.78 is 0. The molecule has 2 rings (SSSR count). The molecule has 1 saturated heterocycles. The van der Waals surface area contributed by atoms with Crippen molar-refractivity contribution in [1.82, 2.24) is 4.90 Å². The lowest BCUT2D eigenvalue weighted by Crippen LogP contribution is -2.32. The predicted molar refractivity (Wildman–Crippen MR) is 56.4 cm³/mol. The predicted octanol–water partition coefficient (Wildman–Crippen LogP) is 1.95. The Morgan fingerprint density at radius 1 is 1.29 bits per heavy atom. The van der Waals surface area contributed by atoms with Crippen molar-refractivity contribution in [3.63, 3.8) is 0 Å². The number of hydrogen-bond acceptors (Lipinski definition) is 1. The fraction of sp³-hybridized carbons (Fsp3) is 0.364. The van der Waals surface area contributed by atoms with Crippen molar-refractivity contribution >= 4 is 11.7 Å². The van der Waals surface area contributed by atoms with Gasteiger partial charge in [-0.15, -0.1) is 0 Å².